The van der Waals surface area contributed by atoms with Gasteiger partial charge in [-0.3, -0.25) is 9.69 Å². The molecule has 3 heterocycles. The average Bonchev–Trinajstić information content (AvgIpc) is 2.92. The monoisotopic (exact) mass is 333 g/mol. The molecule has 0 bridgehead atoms. The SMILES string of the molecule is Cc1nc(C)n([C@@H]2CCCN(C(=O)[C@H]3CCCCN3C(C)C)C2)n1. The Morgan fingerprint density at radius 2 is 1.92 bits per heavy atom. The average molecular weight is 333 g/mol. The summed E-state index contributed by atoms with van der Waals surface area (Å²) in [5.41, 5.74) is 0. The van der Waals surface area contributed by atoms with Crippen molar-refractivity contribution >= 4 is 5.91 Å². The Balaban J connectivity index is 1.71. The first kappa shape index (κ1) is 17.4. The van der Waals surface area contributed by atoms with Crippen LogP contribution in [0.5, 0.6) is 0 Å². The Morgan fingerprint density at radius 3 is 2.58 bits per heavy atom. The van der Waals surface area contributed by atoms with Gasteiger partial charge in [0.2, 0.25) is 5.91 Å². The second kappa shape index (κ2) is 7.21. The second-order valence-electron chi connectivity index (χ2n) is 7.57. The van der Waals surface area contributed by atoms with Gasteiger partial charge in [-0.1, -0.05) is 6.42 Å². The molecule has 2 atom stereocenters. The van der Waals surface area contributed by atoms with Crippen LogP contribution in [0.25, 0.3) is 0 Å². The molecule has 0 saturated carbocycles. The molecule has 0 N–H and O–H groups in total. The lowest BCUT2D eigenvalue weighted by Crippen LogP contribution is -2.55. The minimum absolute atomic E-state index is 0.0658. The zero-order valence-electron chi connectivity index (χ0n) is 15.5. The van der Waals surface area contributed by atoms with Gasteiger partial charge in [-0.2, -0.15) is 5.10 Å². The third-order valence-electron chi connectivity index (χ3n) is 5.45. The molecular weight excluding hydrogens is 302 g/mol. The molecule has 0 radical (unpaired) electrons. The maximum absolute atomic E-state index is 13.2. The van der Waals surface area contributed by atoms with Gasteiger partial charge in [-0.15, -0.1) is 0 Å². The number of aryl methyl sites for hydroxylation is 2. The molecule has 24 heavy (non-hydrogen) atoms. The number of carbonyl (C=O) groups is 1. The molecule has 6 nitrogen and oxygen atoms in total. The number of amides is 1. The van der Waals surface area contributed by atoms with Crippen molar-refractivity contribution in [2.45, 2.75) is 77.9 Å². The molecule has 0 unspecified atom stereocenters. The van der Waals surface area contributed by atoms with Gasteiger partial charge in [-0.05, 0) is 59.9 Å². The summed E-state index contributed by atoms with van der Waals surface area (Å²) in [6.07, 6.45) is 5.50. The maximum Gasteiger partial charge on any atom is 0.240 e. The zero-order chi connectivity index (χ0) is 17.3. The van der Waals surface area contributed by atoms with Gasteiger partial charge in [0, 0.05) is 19.1 Å². The molecule has 0 spiro atoms. The van der Waals surface area contributed by atoms with Crippen LogP contribution >= 0.6 is 0 Å². The van der Waals surface area contributed by atoms with E-state index < -0.39 is 0 Å². The number of likely N-dealkylation sites (tertiary alicyclic amines) is 2. The fourth-order valence-corrected chi connectivity index (χ4v) is 4.28. The van der Waals surface area contributed by atoms with Gasteiger partial charge in [0.15, 0.2) is 0 Å². The van der Waals surface area contributed by atoms with Gasteiger partial charge in [0.1, 0.15) is 11.6 Å². The van der Waals surface area contributed by atoms with Gasteiger partial charge < -0.3 is 4.90 Å². The first-order valence-electron chi connectivity index (χ1n) is 9.41. The first-order chi connectivity index (χ1) is 11.5. The van der Waals surface area contributed by atoms with E-state index in [1.807, 2.05) is 18.5 Å². The van der Waals surface area contributed by atoms with Crippen molar-refractivity contribution in [1.29, 1.82) is 0 Å². The van der Waals surface area contributed by atoms with Gasteiger partial charge in [0.25, 0.3) is 0 Å². The van der Waals surface area contributed by atoms with Crippen LogP contribution in [-0.4, -0.2) is 62.2 Å². The lowest BCUT2D eigenvalue weighted by molar-refractivity contribution is -0.141. The van der Waals surface area contributed by atoms with Crippen molar-refractivity contribution < 1.29 is 4.79 Å². The Bertz CT molecular complexity index is 582. The van der Waals surface area contributed by atoms with E-state index in [0.29, 0.717) is 11.9 Å². The lowest BCUT2D eigenvalue weighted by atomic mass is 9.97. The summed E-state index contributed by atoms with van der Waals surface area (Å²) in [5, 5.41) is 4.54. The van der Waals surface area contributed by atoms with Crippen molar-refractivity contribution in [1.82, 2.24) is 24.6 Å². The Morgan fingerprint density at radius 1 is 1.12 bits per heavy atom. The third-order valence-corrected chi connectivity index (χ3v) is 5.45. The number of piperidine rings is 2. The van der Waals surface area contributed by atoms with Crippen molar-refractivity contribution in [2.24, 2.45) is 0 Å². The zero-order valence-corrected chi connectivity index (χ0v) is 15.5. The summed E-state index contributed by atoms with van der Waals surface area (Å²) >= 11 is 0. The molecule has 1 amide bonds. The summed E-state index contributed by atoms with van der Waals surface area (Å²) in [7, 11) is 0. The predicted octanol–water partition coefficient (Wildman–Crippen LogP) is 2.32. The maximum atomic E-state index is 13.2. The Hall–Kier alpha value is -1.43. The fraction of sp³-hybridized carbons (Fsp3) is 0.833. The van der Waals surface area contributed by atoms with E-state index in [1.54, 1.807) is 0 Å². The molecule has 0 aromatic carbocycles. The second-order valence-corrected chi connectivity index (χ2v) is 7.57. The number of aromatic nitrogens is 3. The van der Waals surface area contributed by atoms with E-state index in [1.165, 1.54) is 6.42 Å². The fourth-order valence-electron chi connectivity index (χ4n) is 4.28. The molecule has 3 rings (SSSR count). The van der Waals surface area contributed by atoms with E-state index >= 15 is 0 Å². The summed E-state index contributed by atoms with van der Waals surface area (Å²) in [6.45, 7) is 11.0. The van der Waals surface area contributed by atoms with Crippen LogP contribution in [0.3, 0.4) is 0 Å². The molecule has 0 aliphatic carbocycles. The molecule has 2 aliphatic heterocycles. The summed E-state index contributed by atoms with van der Waals surface area (Å²) in [4.78, 5) is 22.1. The number of rotatable bonds is 3. The van der Waals surface area contributed by atoms with Gasteiger partial charge in [-0.25, -0.2) is 9.67 Å². The number of nitrogens with zero attached hydrogens (tertiary/aromatic N) is 5. The van der Waals surface area contributed by atoms with Crippen LogP contribution in [0.4, 0.5) is 0 Å². The standard InChI is InChI=1S/C18H31N5O/c1-13(2)22-11-6-5-9-17(22)18(24)21-10-7-8-16(12-21)23-15(4)19-14(3)20-23/h13,16-17H,5-12H2,1-4H3/t16-,17-/m1/s1. The Labute approximate surface area is 145 Å². The normalized spacial score (nSPS) is 26.1. The molecule has 6 heteroatoms. The summed E-state index contributed by atoms with van der Waals surface area (Å²) < 4.78 is 2.02. The first-order valence-corrected chi connectivity index (χ1v) is 9.41. The molecular formula is C18H31N5O. The van der Waals surface area contributed by atoms with Crippen molar-refractivity contribution in [2.75, 3.05) is 19.6 Å². The molecule has 134 valence electrons. The number of carbonyl (C=O) groups excluding carboxylic acids is 1. The van der Waals surface area contributed by atoms with Gasteiger partial charge in [0.05, 0.1) is 12.1 Å². The van der Waals surface area contributed by atoms with E-state index in [2.05, 4.69) is 33.7 Å². The predicted molar refractivity (Wildman–Crippen MR) is 93.8 cm³/mol. The van der Waals surface area contributed by atoms with Crippen LogP contribution < -0.4 is 0 Å². The summed E-state index contributed by atoms with van der Waals surface area (Å²) in [6, 6.07) is 0.760. The van der Waals surface area contributed by atoms with Crippen molar-refractivity contribution in [3.8, 4) is 0 Å². The third kappa shape index (κ3) is 3.48. The van der Waals surface area contributed by atoms with Crippen LogP contribution in [0, 0.1) is 13.8 Å². The minimum atomic E-state index is 0.0658. The largest absolute Gasteiger partial charge is 0.339 e. The van der Waals surface area contributed by atoms with E-state index in [4.69, 9.17) is 0 Å². The highest BCUT2D eigenvalue weighted by atomic mass is 16.2. The van der Waals surface area contributed by atoms with E-state index in [0.717, 1.165) is 57.0 Å². The van der Waals surface area contributed by atoms with E-state index in [-0.39, 0.29) is 12.1 Å². The highest BCUT2D eigenvalue weighted by Crippen LogP contribution is 2.26. The van der Waals surface area contributed by atoms with E-state index in [9.17, 15) is 4.79 Å². The van der Waals surface area contributed by atoms with Crippen LogP contribution in [0.15, 0.2) is 0 Å². The van der Waals surface area contributed by atoms with Crippen molar-refractivity contribution in [3.05, 3.63) is 11.6 Å². The number of hydrogen-bond donors (Lipinski definition) is 0. The molecule has 1 aromatic rings. The van der Waals surface area contributed by atoms with Crippen molar-refractivity contribution in [3.63, 3.8) is 0 Å². The van der Waals surface area contributed by atoms with Gasteiger partial charge >= 0.3 is 0 Å². The summed E-state index contributed by atoms with van der Waals surface area (Å²) in [5.74, 6) is 2.09. The highest BCUT2D eigenvalue weighted by molar-refractivity contribution is 5.82. The quantitative estimate of drug-likeness (QED) is 0.852. The molecule has 1 aromatic heterocycles. The molecule has 2 aliphatic rings. The Kier molecular flexibility index (Phi) is 5.23. The van der Waals surface area contributed by atoms with Crippen LogP contribution in [-0.2, 0) is 4.79 Å². The lowest BCUT2D eigenvalue weighted by Gasteiger charge is -2.42. The van der Waals surface area contributed by atoms with Crippen LogP contribution in [0.2, 0.25) is 0 Å². The molecule has 2 saturated heterocycles. The smallest absolute Gasteiger partial charge is 0.240 e. The molecule has 2 fully saturated rings. The number of hydrogen-bond acceptors (Lipinski definition) is 4. The topological polar surface area (TPSA) is 54.3 Å². The highest BCUT2D eigenvalue weighted by Gasteiger charge is 2.35. The minimum Gasteiger partial charge on any atom is -0.339 e. The van der Waals surface area contributed by atoms with Crippen LogP contribution in [0.1, 0.15) is 63.6 Å².